The van der Waals surface area contributed by atoms with Crippen LogP contribution in [0.2, 0.25) is 0 Å². The summed E-state index contributed by atoms with van der Waals surface area (Å²) in [5, 5.41) is 9.12. The van der Waals surface area contributed by atoms with Crippen molar-refractivity contribution in [2.75, 3.05) is 0 Å². The zero-order chi connectivity index (χ0) is 9.90. The van der Waals surface area contributed by atoms with Gasteiger partial charge < -0.3 is 5.11 Å². The van der Waals surface area contributed by atoms with E-state index in [1.165, 1.54) is 0 Å². The maximum atomic E-state index is 11.1. The van der Waals surface area contributed by atoms with Crippen LogP contribution in [0.1, 0.15) is 6.92 Å². The highest BCUT2D eigenvalue weighted by atomic mass is 79.9. The molecule has 1 aliphatic rings. The van der Waals surface area contributed by atoms with Gasteiger partial charge in [0.1, 0.15) is 5.41 Å². The molecule has 70 valence electrons. The quantitative estimate of drug-likeness (QED) is 0.597. The van der Waals surface area contributed by atoms with Crippen LogP contribution < -0.4 is 0 Å². The van der Waals surface area contributed by atoms with Crippen molar-refractivity contribution >= 4 is 21.9 Å². The van der Waals surface area contributed by atoms with E-state index in [0.717, 1.165) is 0 Å². The van der Waals surface area contributed by atoms with Gasteiger partial charge in [0.05, 0.1) is 4.83 Å². The minimum atomic E-state index is -0.927. The van der Waals surface area contributed by atoms with E-state index in [-0.39, 0.29) is 4.83 Å². The third-order valence-corrected chi connectivity index (χ3v) is 3.10. The molecule has 1 aliphatic carbocycles. The Bertz CT molecular complexity index is 291. The average Bonchev–Trinajstić information content (AvgIpc) is 2.09. The molecule has 0 aliphatic heterocycles. The van der Waals surface area contributed by atoms with Crippen molar-refractivity contribution in [3.63, 3.8) is 0 Å². The first kappa shape index (κ1) is 10.3. The molecule has 0 saturated heterocycles. The molecule has 0 amide bonds. The molecule has 0 aromatic heterocycles. The van der Waals surface area contributed by atoms with E-state index in [4.69, 9.17) is 5.11 Å². The summed E-state index contributed by atoms with van der Waals surface area (Å²) in [5.41, 5.74) is -0.927. The fraction of sp³-hybridized carbons (Fsp3) is 0.300. The lowest BCUT2D eigenvalue weighted by molar-refractivity contribution is -0.143. The molecule has 0 fully saturated rings. The summed E-state index contributed by atoms with van der Waals surface area (Å²) in [5.74, 6) is -0.840. The van der Waals surface area contributed by atoms with Gasteiger partial charge in [-0.15, -0.1) is 0 Å². The van der Waals surface area contributed by atoms with Gasteiger partial charge in [0.15, 0.2) is 0 Å². The van der Waals surface area contributed by atoms with Crippen LogP contribution in [0.5, 0.6) is 0 Å². The molecular formula is C10H11BrO2. The number of halogens is 1. The predicted molar refractivity (Wildman–Crippen MR) is 55.9 cm³/mol. The summed E-state index contributed by atoms with van der Waals surface area (Å²) >= 11 is 3.34. The third kappa shape index (κ3) is 1.75. The number of carbonyl (C=O) groups is 1. The number of carboxylic acid groups (broad SMARTS) is 1. The highest BCUT2D eigenvalue weighted by Crippen LogP contribution is 2.35. The molecule has 1 N–H and O–H groups in total. The molecule has 2 unspecified atom stereocenters. The Morgan fingerprint density at radius 3 is 2.77 bits per heavy atom. The number of hydrogen-bond donors (Lipinski definition) is 1. The first-order valence-electron chi connectivity index (χ1n) is 4.01. The molecule has 13 heavy (non-hydrogen) atoms. The number of rotatable bonds is 2. The van der Waals surface area contributed by atoms with Crippen molar-refractivity contribution in [3.8, 4) is 0 Å². The highest BCUT2D eigenvalue weighted by Gasteiger charge is 2.39. The Labute approximate surface area is 85.8 Å². The van der Waals surface area contributed by atoms with E-state index >= 15 is 0 Å². The molecule has 2 nitrogen and oxygen atoms in total. The Morgan fingerprint density at radius 1 is 1.62 bits per heavy atom. The fourth-order valence-electron chi connectivity index (χ4n) is 1.31. The van der Waals surface area contributed by atoms with E-state index < -0.39 is 11.4 Å². The molecule has 0 saturated carbocycles. The summed E-state index contributed by atoms with van der Waals surface area (Å²) < 4.78 is 0. The van der Waals surface area contributed by atoms with Crippen LogP contribution in [0, 0.1) is 5.41 Å². The molecule has 0 radical (unpaired) electrons. The first-order valence-corrected chi connectivity index (χ1v) is 4.92. The van der Waals surface area contributed by atoms with Gasteiger partial charge in [0.25, 0.3) is 0 Å². The van der Waals surface area contributed by atoms with Crippen molar-refractivity contribution in [1.82, 2.24) is 0 Å². The second-order valence-corrected chi connectivity index (χ2v) is 3.87. The van der Waals surface area contributed by atoms with Crippen molar-refractivity contribution < 1.29 is 9.90 Å². The number of alkyl halides is 1. The smallest absolute Gasteiger partial charge is 0.318 e. The van der Waals surface area contributed by atoms with E-state index in [0.29, 0.717) is 0 Å². The number of hydrogen-bond acceptors (Lipinski definition) is 1. The lowest BCUT2D eigenvalue weighted by atomic mass is 9.81. The van der Waals surface area contributed by atoms with Gasteiger partial charge in [-0.25, -0.2) is 0 Å². The molecule has 0 heterocycles. The van der Waals surface area contributed by atoms with Gasteiger partial charge in [-0.05, 0) is 6.92 Å². The van der Waals surface area contributed by atoms with Crippen LogP contribution in [0.15, 0.2) is 36.5 Å². The zero-order valence-electron chi connectivity index (χ0n) is 7.27. The molecule has 1 rings (SSSR count). The van der Waals surface area contributed by atoms with Gasteiger partial charge in [-0.3, -0.25) is 4.79 Å². The van der Waals surface area contributed by atoms with Crippen molar-refractivity contribution in [3.05, 3.63) is 36.5 Å². The molecule has 3 heteroatoms. The van der Waals surface area contributed by atoms with Crippen LogP contribution in [0.4, 0.5) is 0 Å². The molecule has 0 aromatic rings. The Balaban J connectivity index is 3.10. The summed E-state index contributed by atoms with van der Waals surface area (Å²) in [7, 11) is 0. The van der Waals surface area contributed by atoms with E-state index in [9.17, 15) is 4.79 Å². The normalized spacial score (nSPS) is 32.6. The summed E-state index contributed by atoms with van der Waals surface area (Å²) in [6, 6.07) is 0. The highest BCUT2D eigenvalue weighted by molar-refractivity contribution is 9.09. The monoisotopic (exact) mass is 242 g/mol. The Kier molecular flexibility index (Phi) is 3.09. The van der Waals surface area contributed by atoms with E-state index in [2.05, 4.69) is 15.9 Å². The van der Waals surface area contributed by atoms with Crippen LogP contribution in [-0.2, 0) is 4.79 Å². The van der Waals surface area contributed by atoms with Crippen LogP contribution in [0.3, 0.4) is 0 Å². The van der Waals surface area contributed by atoms with Gasteiger partial charge in [0, 0.05) is 0 Å². The average molecular weight is 243 g/mol. The third-order valence-electron chi connectivity index (χ3n) is 2.03. The Hall–Kier alpha value is -0.830. The second-order valence-electron chi connectivity index (χ2n) is 2.88. The Morgan fingerprint density at radius 2 is 2.31 bits per heavy atom. The van der Waals surface area contributed by atoms with Gasteiger partial charge >= 0.3 is 5.97 Å². The maximum absolute atomic E-state index is 11.1. The summed E-state index contributed by atoms with van der Waals surface area (Å²) in [4.78, 5) is 10.9. The first-order chi connectivity index (χ1) is 6.13. The summed E-state index contributed by atoms with van der Waals surface area (Å²) in [6.07, 6.45) is 10.6. The van der Waals surface area contributed by atoms with Crippen molar-refractivity contribution in [2.24, 2.45) is 5.41 Å². The SMILES string of the molecule is CC=CC1(C(=O)O)C=CC=CC1Br. The minimum Gasteiger partial charge on any atom is -0.480 e. The molecular weight excluding hydrogens is 232 g/mol. The lowest BCUT2D eigenvalue weighted by Crippen LogP contribution is -2.35. The van der Waals surface area contributed by atoms with Crippen LogP contribution >= 0.6 is 15.9 Å². The van der Waals surface area contributed by atoms with Gasteiger partial charge in [-0.1, -0.05) is 52.4 Å². The van der Waals surface area contributed by atoms with E-state index in [1.807, 2.05) is 19.1 Å². The zero-order valence-corrected chi connectivity index (χ0v) is 8.86. The largest absolute Gasteiger partial charge is 0.480 e. The number of aliphatic carboxylic acids is 1. The number of allylic oxidation sites excluding steroid dienone is 4. The maximum Gasteiger partial charge on any atom is 0.318 e. The minimum absolute atomic E-state index is 0.182. The standard InChI is InChI=1S/C10H11BrO2/c1-2-6-10(9(12)13)7-4-3-5-8(10)11/h2-8H,1H3,(H,12,13). The van der Waals surface area contributed by atoms with Crippen molar-refractivity contribution in [1.29, 1.82) is 0 Å². The van der Waals surface area contributed by atoms with Crippen LogP contribution in [0.25, 0.3) is 0 Å². The lowest BCUT2D eigenvalue weighted by Gasteiger charge is -2.27. The van der Waals surface area contributed by atoms with E-state index in [1.54, 1.807) is 24.3 Å². The molecule has 0 aromatic carbocycles. The fourth-order valence-corrected chi connectivity index (χ4v) is 1.99. The topological polar surface area (TPSA) is 37.3 Å². The molecule has 2 atom stereocenters. The van der Waals surface area contributed by atoms with Crippen molar-refractivity contribution in [2.45, 2.75) is 11.8 Å². The van der Waals surface area contributed by atoms with Gasteiger partial charge in [0.2, 0.25) is 0 Å². The summed E-state index contributed by atoms with van der Waals surface area (Å²) in [6.45, 7) is 1.82. The molecule has 0 bridgehead atoms. The van der Waals surface area contributed by atoms with Gasteiger partial charge in [-0.2, -0.15) is 0 Å². The predicted octanol–water partition coefficient (Wildman–Crippen LogP) is 2.52. The van der Waals surface area contributed by atoms with Crippen LogP contribution in [-0.4, -0.2) is 15.9 Å². The second kappa shape index (κ2) is 3.92. The molecule has 0 spiro atoms. The number of carboxylic acids is 1.